The molecule has 0 radical (unpaired) electrons. The maximum atomic E-state index is 6.23. The summed E-state index contributed by atoms with van der Waals surface area (Å²) in [5.41, 5.74) is 8.48. The van der Waals surface area contributed by atoms with E-state index >= 15 is 0 Å². The lowest BCUT2D eigenvalue weighted by molar-refractivity contribution is 0.410. The van der Waals surface area contributed by atoms with E-state index in [-0.39, 0.29) is 0 Å². The van der Waals surface area contributed by atoms with Gasteiger partial charge in [-0.15, -0.1) is 0 Å². The molecule has 0 fully saturated rings. The maximum Gasteiger partial charge on any atom is 0.147 e. The molecule has 1 heterocycles. The first-order chi connectivity index (χ1) is 9.62. The van der Waals surface area contributed by atoms with Gasteiger partial charge in [0.05, 0.1) is 19.2 Å². The number of pyridine rings is 1. The van der Waals surface area contributed by atoms with E-state index in [1.807, 2.05) is 6.92 Å². The van der Waals surface area contributed by atoms with E-state index in [1.54, 1.807) is 20.3 Å². The molecular weight excluding hydrogens is 276 g/mol. The largest absolute Gasteiger partial charge is 0.494 e. The quantitative estimate of drug-likeness (QED) is 0.920. The van der Waals surface area contributed by atoms with E-state index in [0.717, 1.165) is 35.0 Å². The number of halogens is 1. The minimum Gasteiger partial charge on any atom is -0.494 e. The normalized spacial score (nSPS) is 10.8. The molecule has 2 aromatic rings. The van der Waals surface area contributed by atoms with Gasteiger partial charge < -0.3 is 15.2 Å². The van der Waals surface area contributed by atoms with Crippen molar-refractivity contribution < 1.29 is 9.47 Å². The zero-order valence-corrected chi connectivity index (χ0v) is 12.8. The van der Waals surface area contributed by atoms with Gasteiger partial charge in [-0.2, -0.15) is 0 Å². The van der Waals surface area contributed by atoms with Crippen LogP contribution in [0.5, 0.6) is 11.5 Å². The van der Waals surface area contributed by atoms with Crippen molar-refractivity contribution in [2.24, 2.45) is 5.73 Å². The molecule has 108 valence electrons. The van der Waals surface area contributed by atoms with Crippen LogP contribution < -0.4 is 15.2 Å². The van der Waals surface area contributed by atoms with Gasteiger partial charge in [0.15, 0.2) is 0 Å². The lowest BCUT2D eigenvalue weighted by atomic mass is 10.0. The van der Waals surface area contributed by atoms with Gasteiger partial charge in [-0.3, -0.25) is 0 Å². The van der Waals surface area contributed by atoms with Crippen LogP contribution in [-0.4, -0.2) is 25.7 Å². The third-order valence-electron chi connectivity index (χ3n) is 3.34. The lowest BCUT2D eigenvalue weighted by Crippen LogP contribution is -2.03. The van der Waals surface area contributed by atoms with Gasteiger partial charge in [-0.05, 0) is 37.9 Å². The molecule has 4 nitrogen and oxygen atoms in total. The average molecular weight is 295 g/mol. The molecule has 0 saturated carbocycles. The van der Waals surface area contributed by atoms with E-state index in [4.69, 9.17) is 26.8 Å². The predicted molar refractivity (Wildman–Crippen MR) is 82.0 cm³/mol. The highest BCUT2D eigenvalue weighted by atomic mass is 35.5. The Hall–Kier alpha value is -1.52. The second-order valence-corrected chi connectivity index (χ2v) is 5.02. The predicted octanol–water partition coefficient (Wildman–Crippen LogP) is 3.11. The van der Waals surface area contributed by atoms with Gasteiger partial charge in [-0.25, -0.2) is 4.98 Å². The molecule has 2 N–H and O–H groups in total. The first-order valence-corrected chi connectivity index (χ1v) is 6.91. The Labute approximate surface area is 123 Å². The van der Waals surface area contributed by atoms with Crippen LogP contribution >= 0.6 is 11.6 Å². The SMILES string of the molecule is COc1c(Cl)cc(OC)c2nc(C)c(CCCN)cc12. The van der Waals surface area contributed by atoms with E-state index in [0.29, 0.717) is 23.1 Å². The Balaban J connectivity index is 2.70. The molecule has 0 aliphatic rings. The number of hydrogen-bond acceptors (Lipinski definition) is 4. The number of benzene rings is 1. The average Bonchev–Trinajstić information content (AvgIpc) is 2.45. The summed E-state index contributed by atoms with van der Waals surface area (Å²) in [6, 6.07) is 3.80. The van der Waals surface area contributed by atoms with Gasteiger partial charge in [0.2, 0.25) is 0 Å². The Morgan fingerprint density at radius 3 is 2.60 bits per heavy atom. The number of fused-ring (bicyclic) bond motifs is 1. The number of rotatable bonds is 5. The monoisotopic (exact) mass is 294 g/mol. The minimum absolute atomic E-state index is 0.521. The molecule has 0 atom stereocenters. The van der Waals surface area contributed by atoms with Crippen LogP contribution in [0.3, 0.4) is 0 Å². The zero-order chi connectivity index (χ0) is 14.7. The molecule has 20 heavy (non-hydrogen) atoms. The molecule has 0 bridgehead atoms. The van der Waals surface area contributed by atoms with E-state index in [1.165, 1.54) is 0 Å². The molecule has 0 amide bonds. The van der Waals surface area contributed by atoms with E-state index in [9.17, 15) is 0 Å². The lowest BCUT2D eigenvalue weighted by Gasteiger charge is -2.14. The Morgan fingerprint density at radius 2 is 2.00 bits per heavy atom. The van der Waals surface area contributed by atoms with E-state index in [2.05, 4.69) is 11.1 Å². The van der Waals surface area contributed by atoms with Crippen LogP contribution in [0.15, 0.2) is 12.1 Å². The van der Waals surface area contributed by atoms with Gasteiger partial charge in [0, 0.05) is 17.1 Å². The molecule has 0 aliphatic carbocycles. The zero-order valence-electron chi connectivity index (χ0n) is 12.0. The molecule has 0 aliphatic heterocycles. The second-order valence-electron chi connectivity index (χ2n) is 4.62. The highest BCUT2D eigenvalue weighted by Crippen LogP contribution is 2.39. The van der Waals surface area contributed by atoms with Crippen molar-refractivity contribution in [1.29, 1.82) is 0 Å². The smallest absolute Gasteiger partial charge is 0.147 e. The van der Waals surface area contributed by atoms with Crippen LogP contribution in [-0.2, 0) is 6.42 Å². The first-order valence-electron chi connectivity index (χ1n) is 6.53. The van der Waals surface area contributed by atoms with Crippen LogP contribution in [0.25, 0.3) is 10.9 Å². The first kappa shape index (κ1) is 14.9. The molecule has 0 spiro atoms. The van der Waals surface area contributed by atoms with Crippen molar-refractivity contribution in [1.82, 2.24) is 4.98 Å². The standard InChI is InChI=1S/C15H19ClN2O2/c1-9-10(5-4-6-17)7-11-14(18-9)13(19-2)8-12(16)15(11)20-3/h7-8H,4-6,17H2,1-3H3. The minimum atomic E-state index is 0.521. The van der Waals surface area contributed by atoms with Crippen molar-refractivity contribution in [3.8, 4) is 11.5 Å². The molecule has 1 aromatic heterocycles. The third-order valence-corrected chi connectivity index (χ3v) is 3.63. The summed E-state index contributed by atoms with van der Waals surface area (Å²) in [4.78, 5) is 4.64. The Bertz CT molecular complexity index is 629. The van der Waals surface area contributed by atoms with Gasteiger partial charge >= 0.3 is 0 Å². The Kier molecular flexibility index (Phi) is 4.68. The van der Waals surface area contributed by atoms with Crippen molar-refractivity contribution in [3.05, 3.63) is 28.4 Å². The number of aromatic nitrogens is 1. The highest BCUT2D eigenvalue weighted by molar-refractivity contribution is 6.33. The molecule has 5 heteroatoms. The van der Waals surface area contributed by atoms with Crippen LogP contribution in [0.1, 0.15) is 17.7 Å². The summed E-state index contributed by atoms with van der Waals surface area (Å²) in [6.45, 7) is 2.65. The highest BCUT2D eigenvalue weighted by Gasteiger charge is 2.15. The molecular formula is C15H19ClN2O2. The fourth-order valence-electron chi connectivity index (χ4n) is 2.29. The van der Waals surface area contributed by atoms with Gasteiger partial charge in [-0.1, -0.05) is 11.6 Å². The van der Waals surface area contributed by atoms with Crippen molar-refractivity contribution >= 4 is 22.5 Å². The number of methoxy groups -OCH3 is 2. The van der Waals surface area contributed by atoms with Gasteiger partial charge in [0.25, 0.3) is 0 Å². The summed E-state index contributed by atoms with van der Waals surface area (Å²) < 4.78 is 10.8. The van der Waals surface area contributed by atoms with E-state index < -0.39 is 0 Å². The van der Waals surface area contributed by atoms with Crippen molar-refractivity contribution in [2.75, 3.05) is 20.8 Å². The Morgan fingerprint density at radius 1 is 1.25 bits per heavy atom. The molecule has 0 unspecified atom stereocenters. The number of nitrogens with zero attached hydrogens (tertiary/aromatic N) is 1. The fourth-order valence-corrected chi connectivity index (χ4v) is 2.57. The second kappa shape index (κ2) is 6.29. The number of ether oxygens (including phenoxy) is 2. The summed E-state index contributed by atoms with van der Waals surface area (Å²) >= 11 is 6.23. The van der Waals surface area contributed by atoms with Crippen LogP contribution in [0.4, 0.5) is 0 Å². The number of hydrogen-bond donors (Lipinski definition) is 1. The third kappa shape index (κ3) is 2.67. The summed E-state index contributed by atoms with van der Waals surface area (Å²) in [7, 11) is 3.21. The van der Waals surface area contributed by atoms with Crippen molar-refractivity contribution in [3.63, 3.8) is 0 Å². The van der Waals surface area contributed by atoms with Crippen molar-refractivity contribution in [2.45, 2.75) is 19.8 Å². The molecule has 1 aromatic carbocycles. The fraction of sp³-hybridized carbons (Fsp3) is 0.400. The summed E-state index contributed by atoms with van der Waals surface area (Å²) in [5.74, 6) is 1.28. The van der Waals surface area contributed by atoms with Crippen LogP contribution in [0, 0.1) is 6.92 Å². The topological polar surface area (TPSA) is 57.4 Å². The van der Waals surface area contributed by atoms with Crippen LogP contribution in [0.2, 0.25) is 5.02 Å². The van der Waals surface area contributed by atoms with Gasteiger partial charge in [0.1, 0.15) is 17.0 Å². The molecule has 2 rings (SSSR count). The maximum absolute atomic E-state index is 6.23. The molecule has 0 saturated heterocycles. The summed E-state index contributed by atoms with van der Waals surface area (Å²) in [5, 5.41) is 1.39. The number of aryl methyl sites for hydroxylation is 2. The summed E-state index contributed by atoms with van der Waals surface area (Å²) in [6.07, 6.45) is 1.82. The number of nitrogens with two attached hydrogens (primary N) is 1.